The molecule has 0 aromatic carbocycles. The summed E-state index contributed by atoms with van der Waals surface area (Å²) in [5, 5.41) is 7.39. The minimum Gasteiger partial charge on any atom is -0.478 e. The Kier molecular flexibility index (Phi) is 15.6. The van der Waals surface area contributed by atoms with E-state index in [-0.39, 0.29) is 12.4 Å². The zero-order chi connectivity index (χ0) is 36.1. The number of hydrogen-bond donors (Lipinski definition) is 3. The van der Waals surface area contributed by atoms with E-state index in [0.717, 1.165) is 21.0 Å². The molecule has 266 valence electrons. The van der Waals surface area contributed by atoms with E-state index >= 15 is 0 Å². The van der Waals surface area contributed by atoms with Gasteiger partial charge in [-0.2, -0.15) is 0 Å². The van der Waals surface area contributed by atoms with Gasteiger partial charge in [-0.1, -0.05) is 6.92 Å². The molecule has 0 fully saturated rings. The number of nitrogens with one attached hydrogen (secondary N) is 3. The maximum absolute atomic E-state index is 12.8. The van der Waals surface area contributed by atoms with Gasteiger partial charge in [0.25, 0.3) is 0 Å². The van der Waals surface area contributed by atoms with E-state index in [2.05, 4.69) is 20.9 Å². The lowest BCUT2D eigenvalue weighted by Crippen LogP contribution is -2.61. The molecule has 47 heavy (non-hydrogen) atoms. The normalized spacial score (nSPS) is 18.9. The van der Waals surface area contributed by atoms with Gasteiger partial charge < -0.3 is 38.5 Å². The van der Waals surface area contributed by atoms with Crippen molar-refractivity contribution in [3.05, 3.63) is 11.8 Å². The zero-order valence-corrected chi connectivity index (χ0v) is 28.8. The average molecular weight is 673 g/mol. The van der Waals surface area contributed by atoms with Crippen LogP contribution in [0.25, 0.3) is 0 Å². The average Bonchev–Trinajstić information content (AvgIpc) is 2.89. The Balaban J connectivity index is 3.91. The third-order valence-corrected chi connectivity index (χ3v) is 5.55. The number of amides is 3. The summed E-state index contributed by atoms with van der Waals surface area (Å²) in [6.07, 6.45) is -4.23. The lowest BCUT2D eigenvalue weighted by atomic mass is 9.92. The highest BCUT2D eigenvalue weighted by molar-refractivity contribution is 6.01. The SMILES string of the molecule is CCCO[C@@H]([C@@H]1OC(C(=O)OC)=C[C@H](N=C(NC(=O)OC(C)(C)C)NC(=O)OC(C)(C)C)[C@H]1NC(C)=O)[C@@H](COC(C)=O)OC(C)=O. The zero-order valence-electron chi connectivity index (χ0n) is 28.8. The molecule has 0 aromatic rings. The molecule has 0 aliphatic carbocycles. The van der Waals surface area contributed by atoms with Gasteiger partial charge in [0.1, 0.15) is 23.9 Å². The Morgan fingerprint density at radius 2 is 1.47 bits per heavy atom. The molecule has 0 bridgehead atoms. The van der Waals surface area contributed by atoms with E-state index < -0.39 is 90.2 Å². The van der Waals surface area contributed by atoms with Gasteiger partial charge in [-0.25, -0.2) is 19.4 Å². The van der Waals surface area contributed by atoms with Crippen LogP contribution in [0.15, 0.2) is 16.8 Å². The van der Waals surface area contributed by atoms with E-state index in [4.69, 9.17) is 33.2 Å². The van der Waals surface area contributed by atoms with Gasteiger partial charge in [-0.15, -0.1) is 0 Å². The van der Waals surface area contributed by atoms with E-state index in [0.29, 0.717) is 6.42 Å². The topological polar surface area (TPSA) is 215 Å². The summed E-state index contributed by atoms with van der Waals surface area (Å²) in [5.41, 5.74) is -1.86. The van der Waals surface area contributed by atoms with Gasteiger partial charge in [-0.05, 0) is 54.0 Å². The lowest BCUT2D eigenvalue weighted by molar-refractivity contribution is -0.182. The number of methoxy groups -OCH3 is 1. The highest BCUT2D eigenvalue weighted by atomic mass is 16.6. The van der Waals surface area contributed by atoms with Crippen LogP contribution in [-0.4, -0.2) is 104 Å². The van der Waals surface area contributed by atoms with Crippen LogP contribution in [0.3, 0.4) is 0 Å². The van der Waals surface area contributed by atoms with E-state index in [1.54, 1.807) is 48.5 Å². The first-order valence-electron chi connectivity index (χ1n) is 14.9. The first-order valence-corrected chi connectivity index (χ1v) is 14.9. The molecule has 0 spiro atoms. The first kappa shape index (κ1) is 40.6. The molecule has 3 amide bonds. The van der Waals surface area contributed by atoms with Crippen molar-refractivity contribution >= 4 is 42.0 Å². The van der Waals surface area contributed by atoms with Crippen LogP contribution in [0.1, 0.15) is 75.7 Å². The van der Waals surface area contributed by atoms with Gasteiger partial charge in [0.05, 0.1) is 19.2 Å². The molecule has 17 nitrogen and oxygen atoms in total. The van der Waals surface area contributed by atoms with Gasteiger partial charge in [0.2, 0.25) is 17.6 Å². The van der Waals surface area contributed by atoms with E-state index in [1.165, 1.54) is 13.0 Å². The number of ether oxygens (including phenoxy) is 7. The number of hydrogen-bond acceptors (Lipinski definition) is 14. The Morgan fingerprint density at radius 1 is 0.915 bits per heavy atom. The van der Waals surface area contributed by atoms with Gasteiger partial charge in [0, 0.05) is 27.4 Å². The number of nitrogens with zero attached hydrogens (tertiary/aromatic N) is 1. The van der Waals surface area contributed by atoms with Crippen molar-refractivity contribution in [2.24, 2.45) is 4.99 Å². The number of carbonyl (C=O) groups excluding carboxylic acids is 6. The predicted molar refractivity (Wildman–Crippen MR) is 165 cm³/mol. The largest absolute Gasteiger partial charge is 0.478 e. The Labute approximate surface area is 274 Å². The quantitative estimate of drug-likeness (QED) is 0.124. The molecule has 0 unspecified atom stereocenters. The van der Waals surface area contributed by atoms with Crippen molar-refractivity contribution in [3.63, 3.8) is 0 Å². The molecule has 3 N–H and O–H groups in total. The van der Waals surface area contributed by atoms with Crippen molar-refractivity contribution in [2.45, 2.75) is 117 Å². The second-order valence-corrected chi connectivity index (χ2v) is 12.3. The minimum absolute atomic E-state index is 0.0893. The van der Waals surface area contributed by atoms with Gasteiger partial charge in [0.15, 0.2) is 12.2 Å². The molecule has 0 radical (unpaired) electrons. The fourth-order valence-electron chi connectivity index (χ4n) is 4.04. The van der Waals surface area contributed by atoms with Crippen LogP contribution in [0.5, 0.6) is 0 Å². The van der Waals surface area contributed by atoms with Crippen molar-refractivity contribution in [1.29, 1.82) is 0 Å². The standard InChI is InChI=1S/C30H48N4O13/c1-12-13-42-23(21(44-18(4)37)15-43-17(3)36)24-22(31-16(2)35)19(14-20(45-24)25(38)41-11)32-26(33-27(39)46-29(5,6)7)34-28(40)47-30(8,9)10/h14,19,21-24H,12-13,15H2,1-11H3,(H,31,35)(H2,32,33,34,39,40)/t19-,21+,22+,23+,24+/m0/s1. The molecule has 0 saturated carbocycles. The Morgan fingerprint density at radius 3 is 1.89 bits per heavy atom. The minimum atomic E-state index is -1.36. The number of aliphatic imine (C=N–C) groups is 1. The monoisotopic (exact) mass is 672 g/mol. The highest BCUT2D eigenvalue weighted by Gasteiger charge is 2.47. The molecule has 17 heteroatoms. The van der Waals surface area contributed by atoms with Crippen LogP contribution in [0, 0.1) is 0 Å². The smallest absolute Gasteiger partial charge is 0.414 e. The van der Waals surface area contributed by atoms with Crippen molar-refractivity contribution in [1.82, 2.24) is 16.0 Å². The molecule has 1 heterocycles. The summed E-state index contributed by atoms with van der Waals surface area (Å²) in [6.45, 7) is 14.7. The van der Waals surface area contributed by atoms with Crippen LogP contribution < -0.4 is 16.0 Å². The summed E-state index contributed by atoms with van der Waals surface area (Å²) >= 11 is 0. The van der Waals surface area contributed by atoms with Crippen molar-refractivity contribution in [2.75, 3.05) is 20.3 Å². The van der Waals surface area contributed by atoms with Crippen molar-refractivity contribution < 1.29 is 61.9 Å². The molecule has 1 rings (SSSR count). The summed E-state index contributed by atoms with van der Waals surface area (Å²) in [6, 6.07) is -2.50. The molecule has 1 aliphatic rings. The fourth-order valence-corrected chi connectivity index (χ4v) is 4.04. The Bertz CT molecular complexity index is 1170. The predicted octanol–water partition coefficient (Wildman–Crippen LogP) is 2.01. The van der Waals surface area contributed by atoms with Crippen LogP contribution in [0.4, 0.5) is 9.59 Å². The number of rotatable bonds is 11. The molecule has 1 aliphatic heterocycles. The molecule has 5 atom stereocenters. The molecule has 0 aromatic heterocycles. The first-order chi connectivity index (χ1) is 21.6. The molecule has 0 saturated heterocycles. The summed E-state index contributed by atoms with van der Waals surface area (Å²) in [5.74, 6) is -3.81. The second kappa shape index (κ2) is 18.1. The number of carbonyl (C=O) groups is 6. The third kappa shape index (κ3) is 15.6. The fraction of sp³-hybridized carbons (Fsp3) is 0.700. The van der Waals surface area contributed by atoms with Crippen molar-refractivity contribution in [3.8, 4) is 0 Å². The maximum Gasteiger partial charge on any atom is 0.414 e. The number of guanidine groups is 1. The summed E-state index contributed by atoms with van der Waals surface area (Å²) < 4.78 is 38.1. The molecular formula is C30H48N4O13. The Hall–Kier alpha value is -4.41. The number of alkyl carbamates (subject to hydrolysis) is 2. The molecular weight excluding hydrogens is 624 g/mol. The van der Waals surface area contributed by atoms with Crippen LogP contribution in [-0.2, 0) is 52.3 Å². The van der Waals surface area contributed by atoms with Gasteiger partial charge >= 0.3 is 30.1 Å². The van der Waals surface area contributed by atoms with E-state index in [9.17, 15) is 28.8 Å². The summed E-state index contributed by atoms with van der Waals surface area (Å²) in [4.78, 5) is 79.1. The lowest BCUT2D eigenvalue weighted by Gasteiger charge is -2.41. The second-order valence-electron chi connectivity index (χ2n) is 12.3. The van der Waals surface area contributed by atoms with Gasteiger partial charge in [-0.3, -0.25) is 25.0 Å². The van der Waals surface area contributed by atoms with Crippen LogP contribution >= 0.6 is 0 Å². The van der Waals surface area contributed by atoms with E-state index in [1.807, 2.05) is 0 Å². The number of esters is 3. The van der Waals surface area contributed by atoms with Crippen LogP contribution in [0.2, 0.25) is 0 Å². The maximum atomic E-state index is 12.8. The summed E-state index contributed by atoms with van der Waals surface area (Å²) in [7, 11) is 1.10. The third-order valence-electron chi connectivity index (χ3n) is 5.55. The highest BCUT2D eigenvalue weighted by Crippen LogP contribution is 2.28.